The Morgan fingerprint density at radius 2 is 0.925 bits per heavy atom. The fraction of sp³-hybridized carbons (Fsp3) is 0. The van der Waals surface area contributed by atoms with Crippen LogP contribution in [0.4, 0.5) is 0 Å². The van der Waals surface area contributed by atoms with E-state index in [-0.39, 0.29) is 49.8 Å². The van der Waals surface area contributed by atoms with Crippen LogP contribution in [0, 0.1) is 0 Å². The van der Waals surface area contributed by atoms with Crippen molar-refractivity contribution in [3.05, 3.63) is 157 Å². The summed E-state index contributed by atoms with van der Waals surface area (Å²) in [4.78, 5) is 0. The zero-order valence-corrected chi connectivity index (χ0v) is 20.7. The highest BCUT2D eigenvalue weighted by Crippen LogP contribution is 2.44. The first-order valence-corrected chi connectivity index (χ1v) is 12.5. The Morgan fingerprint density at radius 3 is 1.65 bits per heavy atom. The molecule has 0 unspecified atom stereocenters. The van der Waals surface area contributed by atoms with Crippen LogP contribution in [-0.4, -0.2) is 0 Å². The Morgan fingerprint density at radius 1 is 0.375 bits per heavy atom. The van der Waals surface area contributed by atoms with E-state index < -0.39 is 96.7 Å². The largest absolute Gasteiger partial charge is 0.0636 e. The van der Waals surface area contributed by atoms with Crippen molar-refractivity contribution in [3.8, 4) is 33.4 Å². The third kappa shape index (κ3) is 3.61. The Balaban J connectivity index is 1.55. The molecule has 186 valence electrons. The van der Waals surface area contributed by atoms with Gasteiger partial charge in [0.2, 0.25) is 0 Å². The van der Waals surface area contributed by atoms with Crippen LogP contribution >= 0.6 is 0 Å². The Bertz CT molecular complexity index is 3090. The van der Waals surface area contributed by atoms with Gasteiger partial charge < -0.3 is 0 Å². The molecule has 0 aromatic heterocycles. The molecule has 0 spiro atoms. The van der Waals surface area contributed by atoms with Crippen molar-refractivity contribution < 1.29 is 23.3 Å². The molecule has 0 aliphatic carbocycles. The summed E-state index contributed by atoms with van der Waals surface area (Å²) in [5.74, 6) is 0. The minimum atomic E-state index is -0.657. The van der Waals surface area contributed by atoms with Crippen molar-refractivity contribution in [2.45, 2.75) is 0 Å². The Labute approximate surface area is 257 Å². The van der Waals surface area contributed by atoms with E-state index in [1.165, 1.54) is 6.07 Å². The lowest BCUT2D eigenvalue weighted by Crippen LogP contribution is -1.91. The third-order valence-electron chi connectivity index (χ3n) is 6.97. The average Bonchev–Trinajstić information content (AvgIpc) is 3.20. The number of rotatable bonds is 3. The topological polar surface area (TPSA) is 0 Å². The molecule has 0 bridgehead atoms. The number of fused-ring (bicyclic) bond motifs is 4. The summed E-state index contributed by atoms with van der Waals surface area (Å²) in [7, 11) is 0. The lowest BCUT2D eigenvalue weighted by molar-refractivity contribution is 1.63. The lowest BCUT2D eigenvalue weighted by atomic mass is 9.85. The normalized spacial score (nSPS) is 17.4. The molecule has 0 heteroatoms. The molecular weight excluding hydrogens is 480 g/mol. The molecule has 0 saturated carbocycles. The standard InChI is InChI=1S/C40H26/c1-2-13-29-25-32(24-23-27(29)11-1)40-37-20-7-5-18-35(37)39(36-19-6-8-21-38(36)40)31-16-9-15-30(26-31)34-22-10-14-28-12-3-4-17-33(28)34/h1-26H/i1D,2D,3D,4D,9D,10D,11D,12D,13D,14D,15D,16D,17D,22D,23D,24D,25D. The second kappa shape index (κ2) is 9.22. The maximum absolute atomic E-state index is 9.35. The summed E-state index contributed by atoms with van der Waals surface area (Å²) in [5.41, 5.74) is 0.218. The smallest absolute Gasteiger partial charge is 0.0616 e. The predicted octanol–water partition coefficient (Wildman–Crippen LogP) is 11.3. The molecule has 8 aromatic carbocycles. The van der Waals surface area contributed by atoms with E-state index in [1.807, 2.05) is 0 Å². The lowest BCUT2D eigenvalue weighted by Gasteiger charge is -2.18. The van der Waals surface area contributed by atoms with Gasteiger partial charge in [0.1, 0.15) is 0 Å². The van der Waals surface area contributed by atoms with Gasteiger partial charge in [0, 0.05) is 0 Å². The molecule has 0 fully saturated rings. The van der Waals surface area contributed by atoms with Crippen LogP contribution in [0.1, 0.15) is 23.3 Å². The van der Waals surface area contributed by atoms with Crippen LogP contribution in [0.15, 0.2) is 157 Å². The fourth-order valence-corrected chi connectivity index (χ4v) is 5.26. The van der Waals surface area contributed by atoms with Gasteiger partial charge in [-0.25, -0.2) is 0 Å². The van der Waals surface area contributed by atoms with Gasteiger partial charge in [0.15, 0.2) is 0 Å². The second-order valence-electron chi connectivity index (χ2n) is 9.19. The monoisotopic (exact) mass is 523 g/mol. The van der Waals surface area contributed by atoms with E-state index >= 15 is 0 Å². The minimum absolute atomic E-state index is 0.0659. The molecule has 0 saturated heterocycles. The van der Waals surface area contributed by atoms with Gasteiger partial charge >= 0.3 is 0 Å². The minimum Gasteiger partial charge on any atom is -0.0616 e. The van der Waals surface area contributed by atoms with Crippen LogP contribution in [0.3, 0.4) is 0 Å². The van der Waals surface area contributed by atoms with Crippen molar-refractivity contribution in [1.82, 2.24) is 0 Å². The molecule has 0 aliphatic heterocycles. The van der Waals surface area contributed by atoms with E-state index in [9.17, 15) is 2.74 Å². The molecule has 8 aromatic rings. The quantitative estimate of drug-likeness (QED) is 0.202. The van der Waals surface area contributed by atoms with Gasteiger partial charge in [0.05, 0.1) is 23.3 Å². The number of benzene rings is 8. The summed E-state index contributed by atoms with van der Waals surface area (Å²) in [6.07, 6.45) is 0. The van der Waals surface area contributed by atoms with Crippen molar-refractivity contribution in [2.24, 2.45) is 0 Å². The predicted molar refractivity (Wildman–Crippen MR) is 173 cm³/mol. The van der Waals surface area contributed by atoms with Crippen molar-refractivity contribution in [1.29, 1.82) is 0 Å². The van der Waals surface area contributed by atoms with Gasteiger partial charge in [0.25, 0.3) is 0 Å². The first-order valence-electron chi connectivity index (χ1n) is 21.0. The second-order valence-corrected chi connectivity index (χ2v) is 9.19. The zero-order chi connectivity index (χ0) is 41.3. The van der Waals surface area contributed by atoms with Crippen LogP contribution in [0.25, 0.3) is 76.5 Å². The summed E-state index contributed by atoms with van der Waals surface area (Å²) >= 11 is 0. The highest BCUT2D eigenvalue weighted by molar-refractivity contribution is 6.22. The number of hydrogen-bond acceptors (Lipinski definition) is 0. The highest BCUT2D eigenvalue weighted by Gasteiger charge is 2.17. The van der Waals surface area contributed by atoms with E-state index in [4.69, 9.17) is 20.6 Å². The Kier molecular flexibility index (Phi) is 2.65. The molecular formula is C40H26. The summed E-state index contributed by atoms with van der Waals surface area (Å²) in [6, 6.07) is 5.52. The summed E-state index contributed by atoms with van der Waals surface area (Å²) in [5, 5.41) is 0.626. The van der Waals surface area contributed by atoms with Crippen LogP contribution < -0.4 is 0 Å². The average molecular weight is 524 g/mol. The first kappa shape index (κ1) is 11.5. The van der Waals surface area contributed by atoms with Gasteiger partial charge in [-0.3, -0.25) is 0 Å². The maximum atomic E-state index is 9.35. The van der Waals surface area contributed by atoms with E-state index in [0.29, 0.717) is 32.7 Å². The van der Waals surface area contributed by atoms with Crippen LogP contribution in [0.2, 0.25) is 0 Å². The van der Waals surface area contributed by atoms with Gasteiger partial charge in [-0.2, -0.15) is 0 Å². The van der Waals surface area contributed by atoms with E-state index in [2.05, 4.69) is 0 Å². The number of hydrogen-bond donors (Lipinski definition) is 0. The zero-order valence-electron chi connectivity index (χ0n) is 37.7. The third-order valence-corrected chi connectivity index (χ3v) is 6.97. The molecule has 0 heterocycles. The first-order chi connectivity index (χ1) is 26.9. The van der Waals surface area contributed by atoms with Crippen molar-refractivity contribution in [2.75, 3.05) is 0 Å². The summed E-state index contributed by atoms with van der Waals surface area (Å²) in [6.45, 7) is 0. The van der Waals surface area contributed by atoms with Crippen LogP contribution in [-0.2, 0) is 0 Å². The van der Waals surface area contributed by atoms with Crippen molar-refractivity contribution >= 4 is 43.1 Å². The highest BCUT2D eigenvalue weighted by atomic mass is 14.2. The SMILES string of the molecule is [2H]c1c(-c2c3ccccc3c(-c3c([2H])c([2H])c4c([2H])c([2H])c([2H])c([2H])c4c3[2H])c3ccccc23)cc(-c2c([2H])c([2H])c([2H])c3c([2H])c([2H])c([2H])c([2H])c23)c([2H])c1[2H]. The van der Waals surface area contributed by atoms with Gasteiger partial charge in [-0.1, -0.05) is 145 Å². The molecule has 0 radical (unpaired) electrons. The van der Waals surface area contributed by atoms with E-state index in [1.54, 1.807) is 48.5 Å². The molecule has 0 atom stereocenters. The molecule has 0 aliphatic rings. The van der Waals surface area contributed by atoms with Gasteiger partial charge in [-0.15, -0.1) is 0 Å². The van der Waals surface area contributed by atoms with E-state index in [0.717, 1.165) is 0 Å². The Hall–Kier alpha value is -5.20. The fourth-order valence-electron chi connectivity index (χ4n) is 5.26. The molecule has 0 N–H and O–H groups in total. The van der Waals surface area contributed by atoms with Crippen molar-refractivity contribution in [3.63, 3.8) is 0 Å². The molecule has 40 heavy (non-hydrogen) atoms. The van der Waals surface area contributed by atoms with Gasteiger partial charge in [-0.05, 0) is 88.6 Å². The van der Waals surface area contributed by atoms with Crippen LogP contribution in [0.5, 0.6) is 0 Å². The molecule has 0 amide bonds. The molecule has 0 nitrogen and oxygen atoms in total. The maximum Gasteiger partial charge on any atom is 0.0636 e. The molecule has 8 rings (SSSR count). The summed E-state index contributed by atoms with van der Waals surface area (Å²) < 4.78 is 148.